The molecule has 1 aliphatic heterocycles. The molecule has 8 nitrogen and oxygen atoms in total. The Bertz CT molecular complexity index is 1440. The van der Waals surface area contributed by atoms with Crippen LogP contribution in [-0.2, 0) is 11.8 Å². The lowest BCUT2D eigenvalue weighted by molar-refractivity contribution is 0.0690. The van der Waals surface area contributed by atoms with Crippen LogP contribution in [0.5, 0.6) is 0 Å². The highest BCUT2D eigenvalue weighted by atomic mass is 16.3. The summed E-state index contributed by atoms with van der Waals surface area (Å²) in [6.45, 7) is 9.86. The third-order valence-electron chi connectivity index (χ3n) is 7.40. The number of urea groups is 1. The second-order valence-electron chi connectivity index (χ2n) is 11.6. The molecule has 1 saturated heterocycles. The van der Waals surface area contributed by atoms with Gasteiger partial charge in [-0.1, -0.05) is 50.6 Å². The number of hydrogen-bond donors (Lipinski definition) is 2. The molecular formula is C32H37N5O3. The maximum atomic E-state index is 12.9. The van der Waals surface area contributed by atoms with E-state index in [0.29, 0.717) is 17.3 Å². The second-order valence-corrected chi connectivity index (χ2v) is 11.6. The first kappa shape index (κ1) is 27.2. The average Bonchev–Trinajstić information content (AvgIpc) is 3.61. The molecule has 5 rings (SSSR count). The van der Waals surface area contributed by atoms with Crippen molar-refractivity contribution < 1.29 is 14.0 Å². The minimum Gasteiger partial charge on any atom is -0.472 e. The highest BCUT2D eigenvalue weighted by Crippen LogP contribution is 2.27. The largest absolute Gasteiger partial charge is 0.472 e. The number of carbonyl (C=O) groups excluding carboxylic acids is 2. The number of nitrogens with zero attached hydrogens (tertiary/aromatic N) is 3. The quantitative estimate of drug-likeness (QED) is 0.282. The van der Waals surface area contributed by atoms with Gasteiger partial charge in [0.05, 0.1) is 23.2 Å². The predicted octanol–water partition coefficient (Wildman–Crippen LogP) is 6.81. The van der Waals surface area contributed by atoms with Crippen LogP contribution in [-0.4, -0.2) is 39.7 Å². The van der Waals surface area contributed by atoms with Crippen molar-refractivity contribution >= 4 is 23.4 Å². The molecule has 8 heteroatoms. The lowest BCUT2D eigenvalue weighted by atomic mass is 9.90. The van der Waals surface area contributed by atoms with Crippen LogP contribution in [0.25, 0.3) is 5.69 Å². The van der Waals surface area contributed by atoms with Gasteiger partial charge < -0.3 is 14.6 Å². The van der Waals surface area contributed by atoms with Gasteiger partial charge in [-0.3, -0.25) is 10.1 Å². The number of hydrogen-bond acceptors (Lipinski definition) is 4. The fourth-order valence-corrected chi connectivity index (χ4v) is 4.96. The summed E-state index contributed by atoms with van der Waals surface area (Å²) >= 11 is 0. The standard InChI is InChI=1S/C32H37N5O3/c1-22-5-11-27(12-6-22)37-29(20-28(35-37)32(2,3)4)34-31(39)33-26-9-7-23(8-10-26)19-24-13-16-36(17-14-24)30(38)25-15-18-40-21-25/h5-12,15,18,20-21,24H,13-14,16-17,19H2,1-4H3,(H2,33,34,39). The van der Waals surface area contributed by atoms with E-state index in [1.54, 1.807) is 10.7 Å². The van der Waals surface area contributed by atoms with Crippen LogP contribution in [0.4, 0.5) is 16.3 Å². The van der Waals surface area contributed by atoms with E-state index < -0.39 is 0 Å². The van der Waals surface area contributed by atoms with E-state index in [1.807, 2.05) is 54.3 Å². The van der Waals surface area contributed by atoms with Gasteiger partial charge in [0.15, 0.2) is 0 Å². The number of benzene rings is 2. The highest BCUT2D eigenvalue weighted by Gasteiger charge is 2.25. The van der Waals surface area contributed by atoms with Crippen molar-refractivity contribution in [2.75, 3.05) is 23.7 Å². The number of piperidine rings is 1. The van der Waals surface area contributed by atoms with Gasteiger partial charge in [0.2, 0.25) is 0 Å². The summed E-state index contributed by atoms with van der Waals surface area (Å²) in [4.78, 5) is 27.4. The summed E-state index contributed by atoms with van der Waals surface area (Å²) in [7, 11) is 0. The van der Waals surface area contributed by atoms with Crippen LogP contribution in [0.1, 0.15) is 60.8 Å². The van der Waals surface area contributed by atoms with Gasteiger partial charge in [-0.15, -0.1) is 0 Å². The fraction of sp³-hybridized carbons (Fsp3) is 0.344. The zero-order valence-electron chi connectivity index (χ0n) is 23.6. The number of carbonyl (C=O) groups is 2. The van der Waals surface area contributed by atoms with Crippen molar-refractivity contribution in [2.24, 2.45) is 5.92 Å². The number of nitrogens with one attached hydrogen (secondary N) is 2. The van der Waals surface area contributed by atoms with Crippen molar-refractivity contribution in [3.63, 3.8) is 0 Å². The lowest BCUT2D eigenvalue weighted by Crippen LogP contribution is -2.38. The van der Waals surface area contributed by atoms with E-state index in [0.717, 1.165) is 55.0 Å². The Balaban J connectivity index is 1.17. The summed E-state index contributed by atoms with van der Waals surface area (Å²) in [5.41, 5.74) is 5.33. The topological polar surface area (TPSA) is 92.4 Å². The van der Waals surface area contributed by atoms with E-state index >= 15 is 0 Å². The van der Waals surface area contributed by atoms with Crippen molar-refractivity contribution in [3.05, 3.63) is 95.6 Å². The zero-order valence-corrected chi connectivity index (χ0v) is 23.6. The molecule has 0 saturated carbocycles. The van der Waals surface area contributed by atoms with Crippen LogP contribution in [0, 0.1) is 12.8 Å². The van der Waals surface area contributed by atoms with E-state index in [2.05, 4.69) is 43.5 Å². The second kappa shape index (κ2) is 11.4. The molecule has 0 aliphatic carbocycles. The minimum atomic E-state index is -0.323. The molecule has 0 radical (unpaired) electrons. The number of anilines is 2. The molecule has 208 valence electrons. The Morgan fingerprint density at radius 1 is 0.975 bits per heavy atom. The molecule has 2 aromatic carbocycles. The number of furan rings is 1. The summed E-state index contributed by atoms with van der Waals surface area (Å²) < 4.78 is 6.82. The van der Waals surface area contributed by atoms with Crippen LogP contribution < -0.4 is 10.6 Å². The van der Waals surface area contributed by atoms with E-state index in [-0.39, 0.29) is 17.4 Å². The highest BCUT2D eigenvalue weighted by molar-refractivity contribution is 5.99. The summed E-state index contributed by atoms with van der Waals surface area (Å²) in [6.07, 6.45) is 5.93. The SMILES string of the molecule is Cc1ccc(-n2nc(C(C)(C)C)cc2NC(=O)Nc2ccc(CC3CCN(C(=O)c4ccoc4)CC3)cc2)cc1. The molecular weight excluding hydrogens is 502 g/mol. The minimum absolute atomic E-state index is 0.0393. The molecule has 4 aromatic rings. The summed E-state index contributed by atoms with van der Waals surface area (Å²) in [6, 6.07) is 19.4. The van der Waals surface area contributed by atoms with E-state index in [1.165, 1.54) is 18.1 Å². The van der Waals surface area contributed by atoms with E-state index in [4.69, 9.17) is 9.52 Å². The van der Waals surface area contributed by atoms with Crippen molar-refractivity contribution in [1.82, 2.24) is 14.7 Å². The monoisotopic (exact) mass is 539 g/mol. The molecule has 0 spiro atoms. The van der Waals surface area contributed by atoms with Crippen LogP contribution >= 0.6 is 0 Å². The first-order valence-corrected chi connectivity index (χ1v) is 13.8. The molecule has 3 heterocycles. The van der Waals surface area contributed by atoms with Crippen molar-refractivity contribution in [1.29, 1.82) is 0 Å². The Hall–Kier alpha value is -4.33. The third-order valence-corrected chi connectivity index (χ3v) is 7.40. The van der Waals surface area contributed by atoms with Gasteiger partial charge in [0, 0.05) is 30.3 Å². The Labute approximate surface area is 235 Å². The number of rotatable bonds is 6. The number of likely N-dealkylation sites (tertiary alicyclic amines) is 1. The molecule has 2 N–H and O–H groups in total. The maximum absolute atomic E-state index is 12.9. The molecule has 0 atom stereocenters. The first-order valence-electron chi connectivity index (χ1n) is 13.8. The molecule has 0 unspecified atom stereocenters. The number of aromatic nitrogens is 2. The Morgan fingerprint density at radius 3 is 2.30 bits per heavy atom. The normalized spacial score (nSPS) is 14.2. The van der Waals surface area contributed by atoms with E-state index in [9.17, 15) is 9.59 Å². The maximum Gasteiger partial charge on any atom is 0.324 e. The summed E-state index contributed by atoms with van der Waals surface area (Å²) in [5, 5.41) is 10.7. The predicted molar refractivity (Wildman–Crippen MR) is 157 cm³/mol. The number of aryl methyl sites for hydroxylation is 1. The molecule has 0 bridgehead atoms. The molecule has 3 amide bonds. The molecule has 40 heavy (non-hydrogen) atoms. The fourth-order valence-electron chi connectivity index (χ4n) is 4.96. The Morgan fingerprint density at radius 2 is 1.68 bits per heavy atom. The lowest BCUT2D eigenvalue weighted by Gasteiger charge is -2.31. The third kappa shape index (κ3) is 6.45. The molecule has 1 fully saturated rings. The average molecular weight is 540 g/mol. The molecule has 2 aromatic heterocycles. The molecule has 1 aliphatic rings. The van der Waals surface area contributed by atoms with Crippen LogP contribution in [0.2, 0.25) is 0 Å². The number of amides is 3. The van der Waals surface area contributed by atoms with Gasteiger partial charge in [-0.25, -0.2) is 9.48 Å². The van der Waals surface area contributed by atoms with Gasteiger partial charge in [-0.2, -0.15) is 5.10 Å². The Kier molecular flexibility index (Phi) is 7.78. The van der Waals surface area contributed by atoms with Gasteiger partial charge in [0.1, 0.15) is 12.1 Å². The van der Waals surface area contributed by atoms with Crippen molar-refractivity contribution in [2.45, 2.75) is 52.4 Å². The van der Waals surface area contributed by atoms with Crippen LogP contribution in [0.3, 0.4) is 0 Å². The zero-order chi connectivity index (χ0) is 28.3. The smallest absolute Gasteiger partial charge is 0.324 e. The van der Waals surface area contributed by atoms with Gasteiger partial charge in [0.25, 0.3) is 5.91 Å². The van der Waals surface area contributed by atoms with Crippen molar-refractivity contribution in [3.8, 4) is 5.69 Å². The van der Waals surface area contributed by atoms with Crippen LogP contribution in [0.15, 0.2) is 77.6 Å². The van der Waals surface area contributed by atoms with Gasteiger partial charge >= 0.3 is 6.03 Å². The van der Waals surface area contributed by atoms with Gasteiger partial charge in [-0.05, 0) is 68.0 Å². The summed E-state index contributed by atoms with van der Waals surface area (Å²) in [5.74, 6) is 1.17. The first-order chi connectivity index (χ1) is 19.2.